The van der Waals surface area contributed by atoms with Gasteiger partial charge in [0.1, 0.15) is 16.9 Å². The predicted molar refractivity (Wildman–Crippen MR) is 108 cm³/mol. The Morgan fingerprint density at radius 2 is 1.97 bits per heavy atom. The third-order valence-corrected chi connectivity index (χ3v) is 5.87. The second-order valence-electron chi connectivity index (χ2n) is 8.07. The van der Waals surface area contributed by atoms with Gasteiger partial charge in [-0.05, 0) is 19.9 Å². The van der Waals surface area contributed by atoms with Gasteiger partial charge >= 0.3 is 0 Å². The minimum absolute atomic E-state index is 0.00415. The van der Waals surface area contributed by atoms with Crippen LogP contribution >= 0.6 is 11.6 Å². The summed E-state index contributed by atoms with van der Waals surface area (Å²) in [5.74, 6) is -0.680. The number of hydrogen-bond donors (Lipinski definition) is 1. The molecule has 164 valence electrons. The first kappa shape index (κ1) is 21.3. The van der Waals surface area contributed by atoms with Gasteiger partial charge in [0, 0.05) is 18.4 Å². The van der Waals surface area contributed by atoms with Gasteiger partial charge < -0.3 is 23.7 Å². The number of carbonyl (C=O) groups excluding carboxylic acids is 2. The van der Waals surface area contributed by atoms with Crippen LogP contribution in [0.3, 0.4) is 0 Å². The van der Waals surface area contributed by atoms with E-state index >= 15 is 0 Å². The maximum atomic E-state index is 13.6. The van der Waals surface area contributed by atoms with Gasteiger partial charge in [-0.3, -0.25) is 9.59 Å². The Morgan fingerprint density at radius 1 is 1.26 bits per heavy atom. The lowest BCUT2D eigenvalue weighted by molar-refractivity contribution is -0.118. The van der Waals surface area contributed by atoms with Crippen molar-refractivity contribution in [3.8, 4) is 23.0 Å². The van der Waals surface area contributed by atoms with E-state index in [4.69, 9.17) is 30.2 Å². The Bertz CT molecular complexity index is 1130. The van der Waals surface area contributed by atoms with Crippen LogP contribution in [0.15, 0.2) is 22.3 Å². The normalized spacial score (nSPS) is 22.9. The van der Waals surface area contributed by atoms with Crippen molar-refractivity contribution in [3.63, 3.8) is 0 Å². The first-order chi connectivity index (χ1) is 14.5. The highest BCUT2D eigenvalue weighted by Crippen LogP contribution is 2.54. The zero-order valence-electron chi connectivity index (χ0n) is 17.6. The predicted octanol–water partition coefficient (Wildman–Crippen LogP) is 3.08. The number of Topliss-reactive ketones (excluding diaryl/α,β-unsaturated/α-hetero) is 1. The number of hydrogen-bond acceptors (Lipinski definition) is 9. The number of methoxy groups -OCH3 is 2. The largest absolute Gasteiger partial charge is 0.496 e. The molecule has 0 amide bonds. The first-order valence-corrected chi connectivity index (χ1v) is 9.92. The molecule has 0 saturated carbocycles. The average Bonchev–Trinajstić information content (AvgIpc) is 3.31. The van der Waals surface area contributed by atoms with Crippen molar-refractivity contribution in [1.29, 1.82) is 0 Å². The molecular weight excluding hydrogens is 428 g/mol. The fourth-order valence-corrected chi connectivity index (χ4v) is 4.18. The van der Waals surface area contributed by atoms with Crippen molar-refractivity contribution in [1.82, 2.24) is 10.2 Å². The van der Waals surface area contributed by atoms with Crippen LogP contribution < -0.4 is 9.47 Å². The van der Waals surface area contributed by atoms with Gasteiger partial charge in [-0.15, -0.1) is 10.2 Å². The summed E-state index contributed by atoms with van der Waals surface area (Å²) >= 11 is 6.63. The Balaban J connectivity index is 1.90. The summed E-state index contributed by atoms with van der Waals surface area (Å²) in [6.45, 7) is 4.75. The molecule has 2 aliphatic rings. The lowest BCUT2D eigenvalue weighted by Crippen LogP contribution is -2.51. The molecule has 2 heterocycles. The van der Waals surface area contributed by atoms with E-state index in [9.17, 15) is 14.7 Å². The second-order valence-corrected chi connectivity index (χ2v) is 8.44. The quantitative estimate of drug-likeness (QED) is 0.751. The molecule has 1 aromatic carbocycles. The summed E-state index contributed by atoms with van der Waals surface area (Å²) in [5.41, 5.74) is -2.47. The van der Waals surface area contributed by atoms with E-state index in [-0.39, 0.29) is 57.4 Å². The number of carbonyl (C=O) groups is 2. The summed E-state index contributed by atoms with van der Waals surface area (Å²) in [6, 6.07) is 1.50. The molecule has 2 aromatic rings. The number of aromatic nitrogens is 2. The summed E-state index contributed by atoms with van der Waals surface area (Å²) in [5, 5.41) is 18.0. The van der Waals surface area contributed by atoms with Gasteiger partial charge in [0.15, 0.2) is 17.3 Å². The van der Waals surface area contributed by atoms with E-state index in [0.29, 0.717) is 0 Å². The topological polar surface area (TPSA) is 121 Å². The molecule has 4 rings (SSSR count). The molecule has 9 nitrogen and oxygen atoms in total. The van der Waals surface area contributed by atoms with Gasteiger partial charge in [0.25, 0.3) is 0 Å². The van der Waals surface area contributed by atoms with Crippen LogP contribution in [0, 0.1) is 5.92 Å². The zero-order valence-corrected chi connectivity index (χ0v) is 18.4. The lowest BCUT2D eigenvalue weighted by Gasteiger charge is -2.36. The molecule has 2 atom stereocenters. The van der Waals surface area contributed by atoms with Gasteiger partial charge in [-0.1, -0.05) is 18.5 Å². The van der Waals surface area contributed by atoms with Crippen LogP contribution in [0.25, 0.3) is 11.5 Å². The van der Waals surface area contributed by atoms with Crippen LogP contribution in [0.1, 0.15) is 43.4 Å². The average molecular weight is 449 g/mol. The fourth-order valence-electron chi connectivity index (χ4n) is 3.91. The van der Waals surface area contributed by atoms with E-state index in [2.05, 4.69) is 10.2 Å². The molecule has 0 radical (unpaired) electrons. The Hall–Kier alpha value is -2.91. The smallest absolute Gasteiger partial charge is 0.249 e. The summed E-state index contributed by atoms with van der Waals surface area (Å²) < 4.78 is 22.6. The van der Waals surface area contributed by atoms with Crippen LogP contribution in [0.4, 0.5) is 0 Å². The van der Waals surface area contributed by atoms with E-state index in [0.717, 1.165) is 0 Å². The molecule has 31 heavy (non-hydrogen) atoms. The molecule has 2 unspecified atom stereocenters. The van der Waals surface area contributed by atoms with Gasteiger partial charge in [0.05, 0.1) is 24.8 Å². The number of fused-ring (bicyclic) bond motifs is 1. The standard InChI is InChI=1S/C21H21ClN2O7/c1-9-6-10(25)7-13(29-5)21(9)17(26)14-12(28-4)8-11(15(22)16(14)31-21)18-23-24-19(30-18)20(2,3)27/h7-9,27H,6H2,1-5H3. The van der Waals surface area contributed by atoms with Gasteiger partial charge in [-0.2, -0.15) is 0 Å². The third kappa shape index (κ3) is 3.02. The maximum absolute atomic E-state index is 13.6. The van der Waals surface area contributed by atoms with Crippen molar-refractivity contribution in [3.05, 3.63) is 34.4 Å². The van der Waals surface area contributed by atoms with Gasteiger partial charge in [0.2, 0.25) is 23.2 Å². The number of halogens is 1. The Morgan fingerprint density at radius 3 is 2.55 bits per heavy atom. The molecule has 10 heteroatoms. The number of allylic oxidation sites excluding steroid dienone is 1. The SMILES string of the molecule is COC1=CC(=O)CC(C)C12Oc1c(Cl)c(-c3nnc(C(C)(C)O)o3)cc(OC)c1C2=O. The van der Waals surface area contributed by atoms with Crippen LogP contribution in [0.5, 0.6) is 11.5 Å². The molecule has 1 N–H and O–H groups in total. The molecule has 1 aliphatic heterocycles. The number of ketones is 2. The van der Waals surface area contributed by atoms with Gasteiger partial charge in [-0.25, -0.2) is 0 Å². The highest BCUT2D eigenvalue weighted by atomic mass is 35.5. The summed E-state index contributed by atoms with van der Waals surface area (Å²) in [4.78, 5) is 25.6. The van der Waals surface area contributed by atoms with Crippen molar-refractivity contribution < 1.29 is 33.3 Å². The zero-order chi connectivity index (χ0) is 22.7. The van der Waals surface area contributed by atoms with Crippen molar-refractivity contribution in [2.24, 2.45) is 5.92 Å². The second kappa shape index (κ2) is 7.06. The van der Waals surface area contributed by atoms with E-state index in [1.807, 2.05) is 0 Å². The van der Waals surface area contributed by atoms with E-state index < -0.39 is 22.9 Å². The molecule has 1 spiro atoms. The fraction of sp³-hybridized carbons (Fsp3) is 0.429. The number of aliphatic hydroxyl groups is 1. The third-order valence-electron chi connectivity index (χ3n) is 5.49. The number of nitrogens with zero attached hydrogens (tertiary/aromatic N) is 2. The minimum atomic E-state index is -1.53. The first-order valence-electron chi connectivity index (χ1n) is 9.54. The maximum Gasteiger partial charge on any atom is 0.249 e. The van der Waals surface area contributed by atoms with E-state index in [1.165, 1.54) is 40.2 Å². The monoisotopic (exact) mass is 448 g/mol. The van der Waals surface area contributed by atoms with Crippen LogP contribution in [0.2, 0.25) is 5.02 Å². The van der Waals surface area contributed by atoms with Crippen LogP contribution in [-0.4, -0.2) is 46.7 Å². The van der Waals surface area contributed by atoms with Crippen LogP contribution in [-0.2, 0) is 15.1 Å². The number of rotatable bonds is 4. The minimum Gasteiger partial charge on any atom is -0.496 e. The molecular formula is C21H21ClN2O7. The Kier molecular flexibility index (Phi) is 4.86. The number of ether oxygens (including phenoxy) is 3. The van der Waals surface area contributed by atoms with Crippen molar-refractivity contribution >= 4 is 23.2 Å². The molecule has 1 aliphatic carbocycles. The molecule has 1 aromatic heterocycles. The summed E-state index contributed by atoms with van der Waals surface area (Å²) in [6.07, 6.45) is 1.39. The number of benzene rings is 1. The molecule has 0 fully saturated rings. The molecule has 0 bridgehead atoms. The highest BCUT2D eigenvalue weighted by Gasteiger charge is 2.59. The highest BCUT2D eigenvalue weighted by molar-refractivity contribution is 6.36. The lowest BCUT2D eigenvalue weighted by atomic mass is 9.75. The van der Waals surface area contributed by atoms with Crippen molar-refractivity contribution in [2.75, 3.05) is 14.2 Å². The summed E-state index contributed by atoms with van der Waals surface area (Å²) in [7, 11) is 2.78. The molecule has 0 saturated heterocycles. The van der Waals surface area contributed by atoms with Crippen molar-refractivity contribution in [2.45, 2.75) is 38.4 Å². The van der Waals surface area contributed by atoms with E-state index in [1.54, 1.807) is 6.92 Å². The Labute approximate surface area is 182 Å².